The number of carbonyl (C=O) groups excluding carboxylic acids is 1. The van der Waals surface area contributed by atoms with Gasteiger partial charge in [0.2, 0.25) is 0 Å². The molecule has 0 saturated carbocycles. The number of amides is 1. The maximum atomic E-state index is 12.3. The highest BCUT2D eigenvalue weighted by Gasteiger charge is 2.30. The Morgan fingerprint density at radius 2 is 1.74 bits per heavy atom. The van der Waals surface area contributed by atoms with E-state index in [1.165, 1.54) is 0 Å². The third-order valence-electron chi connectivity index (χ3n) is 4.00. The predicted molar refractivity (Wildman–Crippen MR) is 88.3 cm³/mol. The number of ether oxygens (including phenoxy) is 2. The van der Waals surface area contributed by atoms with Crippen LogP contribution in [-0.4, -0.2) is 30.2 Å². The van der Waals surface area contributed by atoms with E-state index >= 15 is 0 Å². The Morgan fingerprint density at radius 1 is 1.04 bits per heavy atom. The van der Waals surface area contributed by atoms with Crippen LogP contribution in [-0.2, 0) is 11.3 Å². The van der Waals surface area contributed by atoms with Crippen molar-refractivity contribution in [1.29, 1.82) is 0 Å². The Bertz CT molecular complexity index is 615. The van der Waals surface area contributed by atoms with E-state index in [4.69, 9.17) is 9.47 Å². The molecule has 120 valence electrons. The average molecular weight is 311 g/mol. The molecule has 1 amide bonds. The van der Waals surface area contributed by atoms with E-state index in [2.05, 4.69) is 0 Å². The molecule has 2 aromatic carbocycles. The fraction of sp³-hybridized carbons (Fsp3) is 0.316. The number of benzene rings is 2. The minimum atomic E-state index is -0.256. The van der Waals surface area contributed by atoms with Gasteiger partial charge in [-0.3, -0.25) is 0 Å². The van der Waals surface area contributed by atoms with Gasteiger partial charge in [-0.15, -0.1) is 0 Å². The van der Waals surface area contributed by atoms with Crippen LogP contribution >= 0.6 is 0 Å². The van der Waals surface area contributed by atoms with Gasteiger partial charge in [0.15, 0.2) is 0 Å². The summed E-state index contributed by atoms with van der Waals surface area (Å²) >= 11 is 0. The molecule has 2 aromatic rings. The Labute approximate surface area is 136 Å². The molecule has 1 aliphatic rings. The minimum Gasteiger partial charge on any atom is -0.491 e. The zero-order valence-corrected chi connectivity index (χ0v) is 13.1. The number of nitrogens with zero attached hydrogens (tertiary/aromatic N) is 1. The summed E-state index contributed by atoms with van der Waals surface area (Å²) in [6.45, 7) is 1.54. The van der Waals surface area contributed by atoms with Crippen molar-refractivity contribution < 1.29 is 14.3 Å². The topological polar surface area (TPSA) is 38.8 Å². The van der Waals surface area contributed by atoms with Crippen molar-refractivity contribution in [3.05, 3.63) is 66.2 Å². The van der Waals surface area contributed by atoms with Crippen LogP contribution in [0.15, 0.2) is 60.7 Å². The first-order chi connectivity index (χ1) is 11.3. The summed E-state index contributed by atoms with van der Waals surface area (Å²) in [6, 6.07) is 19.5. The number of para-hydroxylation sites is 1. The SMILES string of the molecule is O=C(OCc1ccccc1)N1CCCC1COc1ccccc1. The lowest BCUT2D eigenvalue weighted by molar-refractivity contribution is 0.0824. The van der Waals surface area contributed by atoms with Crippen LogP contribution in [0.3, 0.4) is 0 Å². The molecule has 23 heavy (non-hydrogen) atoms. The van der Waals surface area contributed by atoms with Crippen molar-refractivity contribution in [2.75, 3.05) is 13.2 Å². The highest BCUT2D eigenvalue weighted by molar-refractivity contribution is 5.68. The summed E-state index contributed by atoms with van der Waals surface area (Å²) in [5.41, 5.74) is 0.997. The van der Waals surface area contributed by atoms with E-state index in [-0.39, 0.29) is 12.1 Å². The smallest absolute Gasteiger partial charge is 0.410 e. The zero-order chi connectivity index (χ0) is 15.9. The predicted octanol–water partition coefficient (Wildman–Crippen LogP) is 3.87. The van der Waals surface area contributed by atoms with Gasteiger partial charge >= 0.3 is 6.09 Å². The molecule has 1 fully saturated rings. The third-order valence-corrected chi connectivity index (χ3v) is 4.00. The number of carbonyl (C=O) groups is 1. The molecule has 4 heteroatoms. The van der Waals surface area contributed by atoms with Crippen molar-refractivity contribution >= 4 is 6.09 Å². The molecule has 0 N–H and O–H groups in total. The van der Waals surface area contributed by atoms with Crippen molar-refractivity contribution in [2.45, 2.75) is 25.5 Å². The maximum absolute atomic E-state index is 12.3. The molecule has 1 saturated heterocycles. The summed E-state index contributed by atoms with van der Waals surface area (Å²) < 4.78 is 11.2. The van der Waals surface area contributed by atoms with E-state index < -0.39 is 0 Å². The van der Waals surface area contributed by atoms with Crippen molar-refractivity contribution in [2.24, 2.45) is 0 Å². The Hall–Kier alpha value is -2.49. The normalized spacial score (nSPS) is 17.0. The molecule has 0 radical (unpaired) electrons. The number of hydrogen-bond donors (Lipinski definition) is 0. The van der Waals surface area contributed by atoms with Crippen molar-refractivity contribution in [3.63, 3.8) is 0 Å². The van der Waals surface area contributed by atoms with Crippen LogP contribution in [0, 0.1) is 0 Å². The molecular weight excluding hydrogens is 290 g/mol. The van der Waals surface area contributed by atoms with E-state index in [1.807, 2.05) is 60.7 Å². The summed E-state index contributed by atoms with van der Waals surface area (Å²) in [7, 11) is 0. The van der Waals surface area contributed by atoms with Gasteiger partial charge in [-0.1, -0.05) is 48.5 Å². The van der Waals surface area contributed by atoms with E-state index in [0.717, 1.165) is 30.7 Å². The van der Waals surface area contributed by atoms with Crippen molar-refractivity contribution in [1.82, 2.24) is 4.90 Å². The van der Waals surface area contributed by atoms with Crippen LogP contribution in [0.2, 0.25) is 0 Å². The van der Waals surface area contributed by atoms with E-state index in [1.54, 1.807) is 4.90 Å². The standard InChI is InChI=1S/C19H21NO3/c21-19(23-14-16-8-3-1-4-9-16)20-13-7-10-17(20)15-22-18-11-5-2-6-12-18/h1-6,8-9,11-12,17H,7,10,13-15H2. The lowest BCUT2D eigenvalue weighted by Crippen LogP contribution is -2.39. The molecule has 0 bridgehead atoms. The van der Waals surface area contributed by atoms with Crippen LogP contribution in [0.25, 0.3) is 0 Å². The molecule has 1 heterocycles. The van der Waals surface area contributed by atoms with E-state index in [9.17, 15) is 4.79 Å². The molecule has 0 aromatic heterocycles. The number of rotatable bonds is 5. The zero-order valence-electron chi connectivity index (χ0n) is 13.1. The average Bonchev–Trinajstić information content (AvgIpc) is 3.08. The van der Waals surface area contributed by atoms with Crippen LogP contribution in [0.5, 0.6) is 5.75 Å². The first-order valence-electron chi connectivity index (χ1n) is 7.98. The lowest BCUT2D eigenvalue weighted by Gasteiger charge is -2.24. The van der Waals surface area contributed by atoms with Gasteiger partial charge in [0, 0.05) is 6.54 Å². The van der Waals surface area contributed by atoms with Crippen LogP contribution < -0.4 is 4.74 Å². The first-order valence-corrected chi connectivity index (χ1v) is 7.98. The molecule has 1 atom stereocenters. The Morgan fingerprint density at radius 3 is 2.48 bits per heavy atom. The highest BCUT2D eigenvalue weighted by Crippen LogP contribution is 2.20. The Kier molecular flexibility index (Phi) is 5.14. The molecule has 0 spiro atoms. The van der Waals surface area contributed by atoms with Crippen LogP contribution in [0.4, 0.5) is 4.79 Å². The molecular formula is C19H21NO3. The summed E-state index contributed by atoms with van der Waals surface area (Å²) in [6.07, 6.45) is 1.68. The monoisotopic (exact) mass is 311 g/mol. The fourth-order valence-electron chi connectivity index (χ4n) is 2.76. The second kappa shape index (κ2) is 7.68. The van der Waals surface area contributed by atoms with Gasteiger partial charge in [-0.25, -0.2) is 4.79 Å². The second-order valence-electron chi connectivity index (χ2n) is 5.65. The van der Waals surface area contributed by atoms with Gasteiger partial charge in [-0.2, -0.15) is 0 Å². The second-order valence-corrected chi connectivity index (χ2v) is 5.65. The molecule has 1 aliphatic heterocycles. The first kappa shape index (κ1) is 15.4. The van der Waals surface area contributed by atoms with Gasteiger partial charge < -0.3 is 14.4 Å². The van der Waals surface area contributed by atoms with Gasteiger partial charge in [0.25, 0.3) is 0 Å². The van der Waals surface area contributed by atoms with Crippen LogP contribution in [0.1, 0.15) is 18.4 Å². The Balaban J connectivity index is 1.50. The number of likely N-dealkylation sites (tertiary alicyclic amines) is 1. The summed E-state index contributed by atoms with van der Waals surface area (Å²) in [5.74, 6) is 0.831. The third kappa shape index (κ3) is 4.25. The molecule has 0 aliphatic carbocycles. The molecule has 4 nitrogen and oxygen atoms in total. The molecule has 3 rings (SSSR count). The largest absolute Gasteiger partial charge is 0.491 e. The summed E-state index contributed by atoms with van der Waals surface area (Å²) in [5, 5.41) is 0. The van der Waals surface area contributed by atoms with E-state index in [0.29, 0.717) is 13.2 Å². The van der Waals surface area contributed by atoms with Gasteiger partial charge in [0.1, 0.15) is 19.0 Å². The van der Waals surface area contributed by atoms with Gasteiger partial charge in [-0.05, 0) is 30.5 Å². The van der Waals surface area contributed by atoms with Crippen molar-refractivity contribution in [3.8, 4) is 5.75 Å². The highest BCUT2D eigenvalue weighted by atomic mass is 16.6. The fourth-order valence-corrected chi connectivity index (χ4v) is 2.76. The quantitative estimate of drug-likeness (QED) is 0.841. The summed E-state index contributed by atoms with van der Waals surface area (Å²) in [4.78, 5) is 14.1. The van der Waals surface area contributed by atoms with Gasteiger partial charge in [0.05, 0.1) is 6.04 Å². The number of hydrogen-bond acceptors (Lipinski definition) is 3. The molecule has 1 unspecified atom stereocenters. The lowest BCUT2D eigenvalue weighted by atomic mass is 10.2. The maximum Gasteiger partial charge on any atom is 0.410 e. The minimum absolute atomic E-state index is 0.0819.